The van der Waals surface area contributed by atoms with Gasteiger partial charge < -0.3 is 20.3 Å². The van der Waals surface area contributed by atoms with Crippen molar-refractivity contribution in [3.8, 4) is 0 Å². The molecule has 0 aromatic rings. The standard InChI is InChI=1S/C22H43NO4/c1-3-4-5-6-7-8-9-10-11-12-13-14-15-16-17-18-19-23-20-21(24)27-22(2,25)26/h10-11,23,25-26H,3-9,12-20H2,1-2H3/b11-10-. The molecule has 27 heavy (non-hydrogen) atoms. The predicted octanol–water partition coefficient (Wildman–Crippen LogP) is 4.82. The van der Waals surface area contributed by atoms with E-state index in [9.17, 15) is 4.79 Å². The first-order chi connectivity index (χ1) is 13.0. The Balaban J connectivity index is 3.20. The summed E-state index contributed by atoms with van der Waals surface area (Å²) in [5, 5.41) is 20.8. The van der Waals surface area contributed by atoms with E-state index in [0.29, 0.717) is 0 Å². The Morgan fingerprint density at radius 2 is 1.33 bits per heavy atom. The average Bonchev–Trinajstić information content (AvgIpc) is 2.59. The van der Waals surface area contributed by atoms with Gasteiger partial charge in [-0.2, -0.15) is 0 Å². The minimum atomic E-state index is -2.39. The molecule has 0 bridgehead atoms. The van der Waals surface area contributed by atoms with Gasteiger partial charge in [0.2, 0.25) is 0 Å². The smallest absolute Gasteiger partial charge is 0.324 e. The summed E-state index contributed by atoms with van der Waals surface area (Å²) in [7, 11) is 0. The molecule has 3 N–H and O–H groups in total. The van der Waals surface area contributed by atoms with Crippen molar-refractivity contribution in [2.45, 2.75) is 110 Å². The minimum absolute atomic E-state index is 0.00177. The van der Waals surface area contributed by atoms with Gasteiger partial charge in [-0.15, -0.1) is 0 Å². The molecule has 0 aliphatic rings. The molecule has 0 aromatic carbocycles. The maximum atomic E-state index is 11.2. The Morgan fingerprint density at radius 1 is 0.852 bits per heavy atom. The van der Waals surface area contributed by atoms with Crippen molar-refractivity contribution in [1.82, 2.24) is 5.32 Å². The number of nitrogens with one attached hydrogen (secondary N) is 1. The van der Waals surface area contributed by atoms with Crippen molar-refractivity contribution < 1.29 is 19.7 Å². The molecule has 160 valence electrons. The number of ether oxygens (including phenoxy) is 1. The SMILES string of the molecule is CCCCCCCC/C=C\CCCCCCCCNCC(=O)OC(C)(O)O. The first-order valence-corrected chi connectivity index (χ1v) is 11.0. The van der Waals surface area contributed by atoms with Gasteiger partial charge >= 0.3 is 11.9 Å². The van der Waals surface area contributed by atoms with Crippen LogP contribution in [0.1, 0.15) is 104 Å². The van der Waals surface area contributed by atoms with Crippen LogP contribution in [0.5, 0.6) is 0 Å². The molecule has 0 radical (unpaired) electrons. The Labute approximate surface area is 166 Å². The van der Waals surface area contributed by atoms with Crippen molar-refractivity contribution in [2.75, 3.05) is 13.1 Å². The summed E-state index contributed by atoms with van der Waals surface area (Å²) in [6, 6.07) is 0. The van der Waals surface area contributed by atoms with Crippen molar-refractivity contribution in [3.05, 3.63) is 12.2 Å². The van der Waals surface area contributed by atoms with Crippen LogP contribution in [0.15, 0.2) is 12.2 Å². The summed E-state index contributed by atoms with van der Waals surface area (Å²) in [4.78, 5) is 11.2. The van der Waals surface area contributed by atoms with E-state index in [0.717, 1.165) is 26.3 Å². The van der Waals surface area contributed by atoms with Crippen LogP contribution in [0, 0.1) is 0 Å². The largest absolute Gasteiger partial charge is 0.407 e. The molecule has 0 fully saturated rings. The van der Waals surface area contributed by atoms with E-state index in [1.54, 1.807) is 0 Å². The highest BCUT2D eigenvalue weighted by atomic mass is 16.8. The van der Waals surface area contributed by atoms with Crippen LogP contribution < -0.4 is 5.32 Å². The first-order valence-electron chi connectivity index (χ1n) is 11.0. The third kappa shape index (κ3) is 23.1. The summed E-state index contributed by atoms with van der Waals surface area (Å²) in [5.74, 6) is -3.05. The number of carbonyl (C=O) groups excluding carboxylic acids is 1. The molecule has 0 aliphatic heterocycles. The van der Waals surface area contributed by atoms with E-state index in [-0.39, 0.29) is 6.54 Å². The van der Waals surface area contributed by atoms with Gasteiger partial charge in [0.15, 0.2) is 0 Å². The van der Waals surface area contributed by atoms with Gasteiger partial charge in [-0.25, -0.2) is 0 Å². The molecule has 0 saturated heterocycles. The number of rotatable bonds is 19. The fourth-order valence-corrected chi connectivity index (χ4v) is 2.94. The fourth-order valence-electron chi connectivity index (χ4n) is 2.94. The van der Waals surface area contributed by atoms with Gasteiger partial charge in [-0.05, 0) is 38.6 Å². The van der Waals surface area contributed by atoms with E-state index in [1.807, 2.05) is 0 Å². The number of hydrogen-bond acceptors (Lipinski definition) is 5. The zero-order chi connectivity index (χ0) is 20.2. The summed E-state index contributed by atoms with van der Waals surface area (Å²) < 4.78 is 4.38. The molecule has 0 amide bonds. The lowest BCUT2D eigenvalue weighted by molar-refractivity contribution is -0.306. The number of hydrogen-bond donors (Lipinski definition) is 3. The van der Waals surface area contributed by atoms with Crippen molar-refractivity contribution >= 4 is 5.97 Å². The Bertz CT molecular complexity index is 364. The van der Waals surface area contributed by atoms with E-state index >= 15 is 0 Å². The van der Waals surface area contributed by atoms with Gasteiger partial charge in [-0.1, -0.05) is 76.9 Å². The second-order valence-electron chi connectivity index (χ2n) is 7.52. The highest BCUT2D eigenvalue weighted by Crippen LogP contribution is 2.09. The lowest BCUT2D eigenvalue weighted by Gasteiger charge is -2.16. The van der Waals surface area contributed by atoms with E-state index in [4.69, 9.17) is 10.2 Å². The maximum absolute atomic E-state index is 11.2. The monoisotopic (exact) mass is 385 g/mol. The van der Waals surface area contributed by atoms with Crippen molar-refractivity contribution in [2.24, 2.45) is 0 Å². The molecule has 5 nitrogen and oxygen atoms in total. The number of esters is 1. The zero-order valence-corrected chi connectivity index (χ0v) is 17.7. The molecule has 0 atom stereocenters. The minimum Gasteiger partial charge on any atom is -0.407 e. The topological polar surface area (TPSA) is 78.8 Å². The third-order valence-electron chi connectivity index (χ3n) is 4.44. The van der Waals surface area contributed by atoms with Crippen LogP contribution in [0.3, 0.4) is 0 Å². The first kappa shape index (κ1) is 26.1. The van der Waals surface area contributed by atoms with Gasteiger partial charge in [-0.3, -0.25) is 4.79 Å². The Morgan fingerprint density at radius 3 is 1.85 bits per heavy atom. The molecule has 0 aromatic heterocycles. The summed E-state index contributed by atoms with van der Waals surface area (Å²) in [6.07, 6.45) is 22.6. The van der Waals surface area contributed by atoms with Crippen LogP contribution in [-0.2, 0) is 9.53 Å². The molecule has 0 rings (SSSR count). The van der Waals surface area contributed by atoms with Crippen molar-refractivity contribution in [1.29, 1.82) is 0 Å². The summed E-state index contributed by atoms with van der Waals surface area (Å²) in [5.41, 5.74) is 0. The number of allylic oxidation sites excluding steroid dienone is 2. The highest BCUT2D eigenvalue weighted by Gasteiger charge is 2.20. The highest BCUT2D eigenvalue weighted by molar-refractivity contribution is 5.71. The molecule has 0 heterocycles. The summed E-state index contributed by atoms with van der Waals surface area (Å²) >= 11 is 0. The molecular formula is C22H43NO4. The van der Waals surface area contributed by atoms with Crippen LogP contribution in [0.4, 0.5) is 0 Å². The van der Waals surface area contributed by atoms with Gasteiger partial charge in [0.1, 0.15) is 0 Å². The van der Waals surface area contributed by atoms with E-state index in [1.165, 1.54) is 77.0 Å². The second kappa shape index (κ2) is 18.5. The molecule has 0 unspecified atom stereocenters. The lowest BCUT2D eigenvalue weighted by atomic mass is 10.1. The van der Waals surface area contributed by atoms with Crippen LogP contribution in [0.2, 0.25) is 0 Å². The van der Waals surface area contributed by atoms with E-state index < -0.39 is 11.9 Å². The van der Waals surface area contributed by atoms with Crippen LogP contribution in [-0.4, -0.2) is 35.2 Å². The van der Waals surface area contributed by atoms with Crippen LogP contribution in [0.25, 0.3) is 0 Å². The number of unbranched alkanes of at least 4 members (excludes halogenated alkanes) is 12. The maximum Gasteiger partial charge on any atom is 0.324 e. The molecule has 5 heteroatoms. The second-order valence-corrected chi connectivity index (χ2v) is 7.52. The molecule has 0 saturated carbocycles. The normalized spacial score (nSPS) is 12.0. The zero-order valence-electron chi connectivity index (χ0n) is 17.7. The predicted molar refractivity (Wildman–Crippen MR) is 111 cm³/mol. The van der Waals surface area contributed by atoms with Gasteiger partial charge in [0.25, 0.3) is 0 Å². The molecule has 0 spiro atoms. The quantitative estimate of drug-likeness (QED) is 0.129. The van der Waals surface area contributed by atoms with Gasteiger partial charge in [0.05, 0.1) is 6.54 Å². The Hall–Kier alpha value is -0.910. The van der Waals surface area contributed by atoms with Gasteiger partial charge in [0, 0.05) is 6.92 Å². The fraction of sp³-hybridized carbons (Fsp3) is 0.864. The third-order valence-corrected chi connectivity index (χ3v) is 4.44. The molecule has 0 aliphatic carbocycles. The Kier molecular flexibility index (Phi) is 17.8. The average molecular weight is 386 g/mol. The van der Waals surface area contributed by atoms with E-state index in [2.05, 4.69) is 29.1 Å². The molecular weight excluding hydrogens is 342 g/mol. The summed E-state index contributed by atoms with van der Waals surface area (Å²) in [6.45, 7) is 4.01. The number of aliphatic hydroxyl groups is 2. The van der Waals surface area contributed by atoms with Crippen LogP contribution >= 0.6 is 0 Å². The number of carbonyl (C=O) groups is 1. The van der Waals surface area contributed by atoms with Crippen molar-refractivity contribution in [3.63, 3.8) is 0 Å². The lowest BCUT2D eigenvalue weighted by Crippen LogP contribution is -2.35.